The zero-order valence-corrected chi connectivity index (χ0v) is 17.0. The Morgan fingerprint density at radius 3 is 1.59 bits per heavy atom. The molecule has 0 aromatic rings. The van der Waals surface area contributed by atoms with E-state index in [-0.39, 0.29) is 58.2 Å². The number of esters is 3. The molecule has 1 saturated carbocycles. The quantitative estimate of drug-likeness (QED) is 0.123. The molecule has 1 aliphatic heterocycles. The molecule has 2 amide bonds. The lowest BCUT2D eigenvalue weighted by molar-refractivity contribution is -0.197. The van der Waals surface area contributed by atoms with Crippen LogP contribution in [0.5, 0.6) is 0 Å². The lowest BCUT2D eigenvalue weighted by atomic mass is 10.2. The Hall–Kier alpha value is -3.64. The molecule has 0 spiro atoms. The Bertz CT molecular complexity index is 732. The van der Waals surface area contributed by atoms with Crippen LogP contribution in [0.2, 0.25) is 0 Å². The highest BCUT2D eigenvalue weighted by atomic mass is 16.7. The van der Waals surface area contributed by atoms with Crippen LogP contribution in [0.25, 0.3) is 0 Å². The second-order valence-corrected chi connectivity index (χ2v) is 6.79. The average molecular weight is 455 g/mol. The van der Waals surface area contributed by atoms with Crippen LogP contribution >= 0.6 is 0 Å². The van der Waals surface area contributed by atoms with Gasteiger partial charge in [0, 0.05) is 25.7 Å². The topological polar surface area (TPSA) is 177 Å². The first-order chi connectivity index (χ1) is 15.2. The molecule has 13 nitrogen and oxygen atoms in total. The van der Waals surface area contributed by atoms with Crippen LogP contribution in [0, 0.1) is 0 Å². The molecule has 2 rings (SSSR count). The van der Waals surface area contributed by atoms with Gasteiger partial charge in [0.2, 0.25) is 6.10 Å². The predicted octanol–water partition coefficient (Wildman–Crippen LogP) is -0.916. The number of carbonyl (C=O) groups is 8. The number of ether oxygens (including phenoxy) is 3. The van der Waals surface area contributed by atoms with Gasteiger partial charge in [0.1, 0.15) is 13.2 Å². The molecule has 13 heteroatoms. The highest BCUT2D eigenvalue weighted by Gasteiger charge is 2.36. The molecule has 1 aliphatic carbocycles. The van der Waals surface area contributed by atoms with Crippen LogP contribution in [0.1, 0.15) is 51.4 Å². The van der Waals surface area contributed by atoms with Gasteiger partial charge in [-0.25, -0.2) is 4.79 Å². The second-order valence-electron chi connectivity index (χ2n) is 6.79. The third-order valence-electron chi connectivity index (χ3n) is 4.33. The minimum absolute atomic E-state index is 0.0243. The van der Waals surface area contributed by atoms with Gasteiger partial charge in [-0.2, -0.15) is 0 Å². The second kappa shape index (κ2) is 11.7. The fraction of sp³-hybridized carbons (Fsp3) is 0.579. The van der Waals surface area contributed by atoms with Crippen molar-refractivity contribution < 1.29 is 57.4 Å². The van der Waals surface area contributed by atoms with Gasteiger partial charge in [-0.15, -0.1) is 5.06 Å². The zero-order valence-electron chi connectivity index (χ0n) is 17.0. The van der Waals surface area contributed by atoms with E-state index in [0.717, 1.165) is 0 Å². The molecule has 1 heterocycles. The van der Waals surface area contributed by atoms with E-state index in [1.54, 1.807) is 0 Å². The molecule has 0 bridgehead atoms. The largest absolute Gasteiger partial charge is 0.462 e. The summed E-state index contributed by atoms with van der Waals surface area (Å²) < 4.78 is 14.3. The van der Waals surface area contributed by atoms with Gasteiger partial charge in [-0.05, 0) is 0 Å². The number of ketones is 2. The average Bonchev–Trinajstić information content (AvgIpc) is 3.24. The van der Waals surface area contributed by atoms with Crippen LogP contribution in [-0.4, -0.2) is 71.6 Å². The summed E-state index contributed by atoms with van der Waals surface area (Å²) in [6.45, 7) is -0.612. The van der Waals surface area contributed by atoms with Gasteiger partial charge < -0.3 is 19.0 Å². The van der Waals surface area contributed by atoms with Gasteiger partial charge >= 0.3 is 23.9 Å². The Labute approximate surface area is 181 Å². The van der Waals surface area contributed by atoms with Crippen molar-refractivity contribution in [3.05, 3.63) is 0 Å². The molecule has 1 saturated heterocycles. The number of hydroxylamine groups is 2. The highest BCUT2D eigenvalue weighted by molar-refractivity contribution is 6.12. The number of carbonyl (C=O) groups excluding carboxylic acids is 8. The molecule has 0 N–H and O–H groups in total. The summed E-state index contributed by atoms with van der Waals surface area (Å²) in [7, 11) is 0. The van der Waals surface area contributed by atoms with Crippen molar-refractivity contribution in [3.63, 3.8) is 0 Å². The predicted molar refractivity (Wildman–Crippen MR) is 96.7 cm³/mol. The molecule has 0 unspecified atom stereocenters. The lowest BCUT2D eigenvalue weighted by Gasteiger charge is -2.12. The number of rotatable bonds is 11. The van der Waals surface area contributed by atoms with Crippen molar-refractivity contribution in [2.75, 3.05) is 13.2 Å². The smallest absolute Gasteiger partial charge is 0.333 e. The summed E-state index contributed by atoms with van der Waals surface area (Å²) in [6, 6.07) is 0. The molecule has 0 radical (unpaired) electrons. The maximum atomic E-state index is 11.6. The monoisotopic (exact) mass is 455 g/mol. The normalized spacial score (nSPS) is 16.3. The zero-order chi connectivity index (χ0) is 23.7. The fourth-order valence-corrected chi connectivity index (χ4v) is 2.68. The summed E-state index contributed by atoms with van der Waals surface area (Å²) in [6.07, 6.45) is -3.00. The molecule has 32 heavy (non-hydrogen) atoms. The van der Waals surface area contributed by atoms with E-state index in [1.807, 2.05) is 0 Å². The third kappa shape index (κ3) is 7.56. The third-order valence-corrected chi connectivity index (χ3v) is 4.33. The molecule has 0 atom stereocenters. The van der Waals surface area contributed by atoms with Crippen molar-refractivity contribution in [3.8, 4) is 0 Å². The summed E-state index contributed by atoms with van der Waals surface area (Å²) in [5.74, 6) is -5.64. The standard InChI is InChI=1S/C19H21NO12/c21-11-1-2-12(22)19(11)31-17(27)7-5-15(25)29-9-10-30-16(26)6-8-18(28)32-20-13(23)3-4-14(20)24/h19H,1-10H2. The van der Waals surface area contributed by atoms with Crippen molar-refractivity contribution >= 4 is 47.3 Å². The SMILES string of the molecule is O=C(CCC(=O)OC1C(=O)CCC1=O)OCCOC(=O)CCC(=O)ON1C(=O)CCC1=O. The number of hydrogen-bond donors (Lipinski definition) is 0. The Kier molecular flexibility index (Phi) is 8.98. The first-order valence-corrected chi connectivity index (χ1v) is 9.80. The molecular formula is C19H21NO12. The van der Waals surface area contributed by atoms with Crippen LogP contribution in [0.15, 0.2) is 0 Å². The Morgan fingerprint density at radius 1 is 0.656 bits per heavy atom. The molecule has 0 aromatic carbocycles. The summed E-state index contributed by atoms with van der Waals surface area (Å²) in [4.78, 5) is 96.3. The van der Waals surface area contributed by atoms with Gasteiger partial charge in [-0.3, -0.25) is 33.6 Å². The number of hydrogen-bond acceptors (Lipinski definition) is 12. The van der Waals surface area contributed by atoms with Crippen molar-refractivity contribution in [1.82, 2.24) is 5.06 Å². The lowest BCUT2D eigenvalue weighted by Crippen LogP contribution is -2.32. The maximum absolute atomic E-state index is 11.6. The first kappa shape index (κ1) is 24.6. The van der Waals surface area contributed by atoms with Crippen LogP contribution in [0.3, 0.4) is 0 Å². The van der Waals surface area contributed by atoms with Crippen molar-refractivity contribution in [2.45, 2.75) is 57.5 Å². The Morgan fingerprint density at radius 2 is 1.09 bits per heavy atom. The number of Topliss-reactive ketones (excluding diaryl/α,β-unsaturated/α-hetero) is 2. The molecule has 2 fully saturated rings. The van der Waals surface area contributed by atoms with Crippen molar-refractivity contribution in [1.29, 1.82) is 0 Å². The Balaban J connectivity index is 1.52. The van der Waals surface area contributed by atoms with Gasteiger partial charge in [0.05, 0.1) is 25.7 Å². The first-order valence-electron chi connectivity index (χ1n) is 9.80. The van der Waals surface area contributed by atoms with E-state index in [2.05, 4.69) is 4.84 Å². The van der Waals surface area contributed by atoms with E-state index in [1.165, 1.54) is 0 Å². The van der Waals surface area contributed by atoms with Crippen LogP contribution < -0.4 is 0 Å². The molecule has 0 aromatic heterocycles. The van der Waals surface area contributed by atoms with Gasteiger partial charge in [-0.1, -0.05) is 0 Å². The van der Waals surface area contributed by atoms with E-state index in [0.29, 0.717) is 5.06 Å². The van der Waals surface area contributed by atoms with E-state index < -0.39 is 59.8 Å². The van der Waals surface area contributed by atoms with E-state index >= 15 is 0 Å². The van der Waals surface area contributed by atoms with Crippen LogP contribution in [0.4, 0.5) is 0 Å². The van der Waals surface area contributed by atoms with E-state index in [4.69, 9.17) is 14.2 Å². The number of imide groups is 1. The molecule has 174 valence electrons. The number of amides is 2. The van der Waals surface area contributed by atoms with E-state index in [9.17, 15) is 38.4 Å². The highest BCUT2D eigenvalue weighted by Crippen LogP contribution is 2.15. The fourth-order valence-electron chi connectivity index (χ4n) is 2.68. The minimum Gasteiger partial charge on any atom is -0.462 e. The summed E-state index contributed by atoms with van der Waals surface area (Å²) >= 11 is 0. The summed E-state index contributed by atoms with van der Waals surface area (Å²) in [5, 5.41) is 0.367. The van der Waals surface area contributed by atoms with Gasteiger partial charge in [0.25, 0.3) is 11.8 Å². The molecular weight excluding hydrogens is 434 g/mol. The minimum atomic E-state index is -1.40. The van der Waals surface area contributed by atoms with Crippen molar-refractivity contribution in [2.24, 2.45) is 0 Å². The van der Waals surface area contributed by atoms with Gasteiger partial charge in [0.15, 0.2) is 11.6 Å². The van der Waals surface area contributed by atoms with Crippen LogP contribution in [-0.2, 0) is 57.4 Å². The molecule has 2 aliphatic rings. The number of nitrogens with zero attached hydrogens (tertiary/aromatic N) is 1. The maximum Gasteiger partial charge on any atom is 0.333 e. The summed E-state index contributed by atoms with van der Waals surface area (Å²) in [5.41, 5.74) is 0.